The number of methoxy groups -OCH3 is 1. The first-order valence-electron chi connectivity index (χ1n) is 6.66. The fraction of sp³-hybridized carbons (Fsp3) is 0.125. The van der Waals surface area contributed by atoms with Crippen molar-refractivity contribution in [3.05, 3.63) is 52.5 Å². The van der Waals surface area contributed by atoms with Crippen molar-refractivity contribution in [3.63, 3.8) is 0 Å². The molecule has 0 aliphatic carbocycles. The lowest BCUT2D eigenvalue weighted by Crippen LogP contribution is -2.20. The number of ether oxygens (including phenoxy) is 2. The standard InChI is InChI=1S/C16H15BrN2O4/c1-22-15-5-3-2-4-13(15)19-16(20)10-23-14-7-6-12(17)8-11(14)9-18-21/h2-9,21H,10H2,1H3,(H,19,20)/b18-9-. The number of amides is 1. The lowest BCUT2D eigenvalue weighted by molar-refractivity contribution is -0.118. The van der Waals surface area contributed by atoms with Gasteiger partial charge in [0.1, 0.15) is 11.5 Å². The van der Waals surface area contributed by atoms with E-state index in [1.54, 1.807) is 36.4 Å². The molecule has 120 valence electrons. The van der Waals surface area contributed by atoms with Crippen LogP contribution in [0.2, 0.25) is 0 Å². The first-order valence-corrected chi connectivity index (χ1v) is 7.46. The number of para-hydroxylation sites is 2. The molecule has 2 aromatic carbocycles. The van der Waals surface area contributed by atoms with Crippen LogP contribution in [0.3, 0.4) is 0 Å². The van der Waals surface area contributed by atoms with Crippen molar-refractivity contribution in [1.29, 1.82) is 0 Å². The summed E-state index contributed by atoms with van der Waals surface area (Å²) in [7, 11) is 1.53. The van der Waals surface area contributed by atoms with Crippen LogP contribution < -0.4 is 14.8 Å². The Morgan fingerprint density at radius 3 is 2.83 bits per heavy atom. The number of anilines is 1. The largest absolute Gasteiger partial charge is 0.495 e. The first kappa shape index (κ1) is 16.8. The van der Waals surface area contributed by atoms with E-state index in [2.05, 4.69) is 26.4 Å². The number of hydrogen-bond acceptors (Lipinski definition) is 5. The van der Waals surface area contributed by atoms with E-state index >= 15 is 0 Å². The van der Waals surface area contributed by atoms with Crippen LogP contribution in [-0.4, -0.2) is 31.0 Å². The summed E-state index contributed by atoms with van der Waals surface area (Å²) in [6, 6.07) is 12.3. The summed E-state index contributed by atoms with van der Waals surface area (Å²) in [5.41, 5.74) is 1.11. The molecule has 0 saturated heterocycles. The van der Waals surface area contributed by atoms with Crippen molar-refractivity contribution in [1.82, 2.24) is 0 Å². The molecule has 0 aliphatic heterocycles. The Morgan fingerprint density at radius 2 is 2.09 bits per heavy atom. The van der Waals surface area contributed by atoms with Crippen LogP contribution in [0.15, 0.2) is 52.1 Å². The maximum atomic E-state index is 12.0. The highest BCUT2D eigenvalue weighted by molar-refractivity contribution is 9.10. The predicted molar refractivity (Wildman–Crippen MR) is 90.6 cm³/mol. The second-order valence-electron chi connectivity index (χ2n) is 4.46. The summed E-state index contributed by atoms with van der Waals surface area (Å²) in [4.78, 5) is 12.0. The second-order valence-corrected chi connectivity index (χ2v) is 5.38. The summed E-state index contributed by atoms with van der Waals surface area (Å²) in [6.07, 6.45) is 1.23. The van der Waals surface area contributed by atoms with E-state index in [-0.39, 0.29) is 12.5 Å². The molecule has 0 spiro atoms. The van der Waals surface area contributed by atoms with Crippen LogP contribution in [0.25, 0.3) is 0 Å². The predicted octanol–water partition coefficient (Wildman–Crippen LogP) is 3.28. The number of carbonyl (C=O) groups excluding carboxylic acids is 1. The van der Waals surface area contributed by atoms with Crippen molar-refractivity contribution in [2.75, 3.05) is 19.0 Å². The van der Waals surface area contributed by atoms with E-state index in [1.165, 1.54) is 13.3 Å². The van der Waals surface area contributed by atoms with Gasteiger partial charge in [-0.1, -0.05) is 33.2 Å². The van der Waals surface area contributed by atoms with Crippen LogP contribution in [0.1, 0.15) is 5.56 Å². The fourth-order valence-corrected chi connectivity index (χ4v) is 2.27. The molecule has 6 nitrogen and oxygen atoms in total. The molecule has 0 atom stereocenters. The molecule has 0 fully saturated rings. The van der Waals surface area contributed by atoms with Crippen molar-refractivity contribution in [2.45, 2.75) is 0 Å². The number of benzene rings is 2. The lowest BCUT2D eigenvalue weighted by atomic mass is 10.2. The lowest BCUT2D eigenvalue weighted by Gasteiger charge is -2.11. The molecular formula is C16H15BrN2O4. The Bertz CT molecular complexity index is 719. The molecule has 0 heterocycles. The van der Waals surface area contributed by atoms with Crippen molar-refractivity contribution in [3.8, 4) is 11.5 Å². The number of halogens is 1. The van der Waals surface area contributed by atoms with Crippen molar-refractivity contribution < 1.29 is 19.5 Å². The third-order valence-electron chi connectivity index (χ3n) is 2.91. The molecule has 0 saturated carbocycles. The summed E-state index contributed by atoms with van der Waals surface area (Å²) in [5, 5.41) is 14.4. The Balaban J connectivity index is 2.02. The highest BCUT2D eigenvalue weighted by Crippen LogP contribution is 2.24. The van der Waals surface area contributed by atoms with Crippen LogP contribution in [0.4, 0.5) is 5.69 Å². The number of rotatable bonds is 6. The number of nitrogens with one attached hydrogen (secondary N) is 1. The molecule has 0 aliphatic rings. The molecule has 2 N–H and O–H groups in total. The van der Waals surface area contributed by atoms with Crippen LogP contribution in [0, 0.1) is 0 Å². The molecule has 23 heavy (non-hydrogen) atoms. The normalized spacial score (nSPS) is 10.5. The molecule has 2 aromatic rings. The van der Waals surface area contributed by atoms with Gasteiger partial charge < -0.3 is 20.0 Å². The highest BCUT2D eigenvalue weighted by atomic mass is 79.9. The van der Waals surface area contributed by atoms with Crippen LogP contribution in [-0.2, 0) is 4.79 Å². The molecule has 1 amide bonds. The minimum Gasteiger partial charge on any atom is -0.495 e. The van der Waals surface area contributed by atoms with Gasteiger partial charge >= 0.3 is 0 Å². The van der Waals surface area contributed by atoms with E-state index in [1.807, 2.05) is 6.07 Å². The molecular weight excluding hydrogens is 364 g/mol. The molecule has 0 unspecified atom stereocenters. The summed E-state index contributed by atoms with van der Waals surface area (Å²) < 4.78 is 11.4. The summed E-state index contributed by atoms with van der Waals surface area (Å²) in [5.74, 6) is 0.670. The average Bonchev–Trinajstić information content (AvgIpc) is 2.55. The first-order chi connectivity index (χ1) is 11.1. The van der Waals surface area contributed by atoms with Crippen molar-refractivity contribution >= 4 is 33.7 Å². The maximum Gasteiger partial charge on any atom is 0.262 e. The van der Waals surface area contributed by atoms with E-state index in [0.29, 0.717) is 22.7 Å². The number of hydrogen-bond donors (Lipinski definition) is 2. The van der Waals surface area contributed by atoms with Gasteiger partial charge in [-0.2, -0.15) is 0 Å². The van der Waals surface area contributed by atoms with E-state index in [9.17, 15) is 4.79 Å². The Morgan fingerprint density at radius 1 is 1.30 bits per heavy atom. The zero-order valence-corrected chi connectivity index (χ0v) is 13.9. The summed E-state index contributed by atoms with van der Waals surface area (Å²) >= 11 is 3.31. The minimum absolute atomic E-state index is 0.189. The Hall–Kier alpha value is -2.54. The Labute approximate surface area is 141 Å². The zero-order chi connectivity index (χ0) is 16.7. The van der Waals surface area contributed by atoms with Gasteiger partial charge in [-0.25, -0.2) is 0 Å². The molecule has 2 rings (SSSR count). The third kappa shape index (κ3) is 4.72. The topological polar surface area (TPSA) is 80.2 Å². The SMILES string of the molecule is COc1ccccc1NC(=O)COc1ccc(Br)cc1/C=N\O. The Kier molecular flexibility index (Phi) is 5.99. The maximum absolute atomic E-state index is 12.0. The van der Waals surface area contributed by atoms with Gasteiger partial charge in [0.2, 0.25) is 0 Å². The molecule has 0 aromatic heterocycles. The van der Waals surface area contributed by atoms with Gasteiger partial charge in [0, 0.05) is 10.0 Å². The zero-order valence-electron chi connectivity index (χ0n) is 12.3. The second kappa shape index (κ2) is 8.19. The van der Waals surface area contributed by atoms with E-state index in [0.717, 1.165) is 4.47 Å². The van der Waals surface area contributed by atoms with Gasteiger partial charge in [-0.15, -0.1) is 0 Å². The number of oxime groups is 1. The fourth-order valence-electron chi connectivity index (χ4n) is 1.89. The number of carbonyl (C=O) groups is 1. The molecule has 0 radical (unpaired) electrons. The smallest absolute Gasteiger partial charge is 0.262 e. The quantitative estimate of drug-likeness (QED) is 0.459. The van der Waals surface area contributed by atoms with Crippen LogP contribution in [0.5, 0.6) is 11.5 Å². The van der Waals surface area contributed by atoms with Gasteiger partial charge in [0.05, 0.1) is 19.0 Å². The molecule has 0 bridgehead atoms. The van der Waals surface area contributed by atoms with Crippen molar-refractivity contribution in [2.24, 2.45) is 5.16 Å². The van der Waals surface area contributed by atoms with Gasteiger partial charge in [0.25, 0.3) is 5.91 Å². The average molecular weight is 379 g/mol. The van der Waals surface area contributed by atoms with Gasteiger partial charge in [0.15, 0.2) is 6.61 Å². The monoisotopic (exact) mass is 378 g/mol. The van der Waals surface area contributed by atoms with E-state index in [4.69, 9.17) is 14.7 Å². The van der Waals surface area contributed by atoms with Gasteiger partial charge in [-0.3, -0.25) is 4.79 Å². The summed E-state index contributed by atoms with van der Waals surface area (Å²) in [6.45, 7) is -0.189. The third-order valence-corrected chi connectivity index (χ3v) is 3.40. The van der Waals surface area contributed by atoms with Gasteiger partial charge in [-0.05, 0) is 30.3 Å². The molecule has 7 heteroatoms. The minimum atomic E-state index is -0.329. The highest BCUT2D eigenvalue weighted by Gasteiger charge is 2.09. The van der Waals surface area contributed by atoms with Crippen LogP contribution >= 0.6 is 15.9 Å². The van der Waals surface area contributed by atoms with E-state index < -0.39 is 0 Å². The number of nitrogens with zero attached hydrogens (tertiary/aromatic N) is 1.